The summed E-state index contributed by atoms with van der Waals surface area (Å²) in [5.74, 6) is 3.86. The number of carbonyl (C=O) groups is 1. The summed E-state index contributed by atoms with van der Waals surface area (Å²) in [6.45, 7) is 18.9. The summed E-state index contributed by atoms with van der Waals surface area (Å²) in [6.07, 6.45) is 15.5. The molecule has 4 heterocycles. The van der Waals surface area contributed by atoms with E-state index < -0.39 is 15.9 Å². The number of sulfonamides is 1. The first-order valence-corrected chi connectivity index (χ1v) is 28.0. The summed E-state index contributed by atoms with van der Waals surface area (Å²) in [5, 5.41) is 4.43. The molecule has 1 unspecified atom stereocenters. The van der Waals surface area contributed by atoms with Crippen molar-refractivity contribution < 1.29 is 27.1 Å². The van der Waals surface area contributed by atoms with Gasteiger partial charge in [0.2, 0.25) is 0 Å². The number of furan rings is 1. The van der Waals surface area contributed by atoms with Gasteiger partial charge in [0.05, 0.1) is 18.4 Å². The Kier molecular flexibility index (Phi) is 16.0. The number of anilines is 3. The van der Waals surface area contributed by atoms with Gasteiger partial charge < -0.3 is 29.8 Å². The fourth-order valence-corrected chi connectivity index (χ4v) is 12.3. The van der Waals surface area contributed by atoms with Crippen molar-refractivity contribution in [2.75, 3.05) is 62.3 Å². The van der Waals surface area contributed by atoms with E-state index >= 15 is 0 Å². The van der Waals surface area contributed by atoms with Crippen molar-refractivity contribution >= 4 is 44.1 Å². The Morgan fingerprint density at radius 1 is 0.959 bits per heavy atom. The van der Waals surface area contributed by atoms with Gasteiger partial charge in [0.25, 0.3) is 15.9 Å². The van der Waals surface area contributed by atoms with Crippen LogP contribution in [0.5, 0.6) is 11.5 Å². The number of nitrogen functional groups attached to an aromatic ring is 1. The van der Waals surface area contributed by atoms with E-state index in [1.165, 1.54) is 47.4 Å². The van der Waals surface area contributed by atoms with Gasteiger partial charge in [-0.15, -0.1) is 0 Å². The van der Waals surface area contributed by atoms with Crippen molar-refractivity contribution in [3.05, 3.63) is 136 Å². The lowest BCUT2D eigenvalue weighted by molar-refractivity contribution is 0.0272. The third-order valence-corrected chi connectivity index (χ3v) is 17.0. The van der Waals surface area contributed by atoms with Crippen LogP contribution in [0.2, 0.25) is 0 Å². The Balaban J connectivity index is 0.928. The molecule has 1 amide bonds. The SMILES string of the molecule is CC/C(=C\C1=C(C)CC=C1)Oc1cc(N2CCC(N3CCN(Cc4ccc(OC)c5oc(C)cc45)CC3c3ccccc3C(C)C)CC2)ccc1C(=O)NS(=O)(=O)c1cnc(NC[C@H]2CC[C@@H](C)CC2)c(N)c1. The molecule has 1 saturated carbocycles. The number of piperidine rings is 1. The van der Waals surface area contributed by atoms with Crippen molar-refractivity contribution in [3.8, 4) is 11.5 Å². The molecular weight excluding hydrogens is 935 g/mol. The summed E-state index contributed by atoms with van der Waals surface area (Å²) < 4.78 is 48.4. The lowest BCUT2D eigenvalue weighted by Gasteiger charge is -2.48. The lowest BCUT2D eigenvalue weighted by Crippen LogP contribution is -2.54. The summed E-state index contributed by atoms with van der Waals surface area (Å²) in [5.41, 5.74) is 14.7. The van der Waals surface area contributed by atoms with Gasteiger partial charge in [-0.25, -0.2) is 18.1 Å². The zero-order chi connectivity index (χ0) is 51.4. The average Bonchev–Trinajstić information content (AvgIpc) is 4.00. The normalized spacial score (nSPS) is 20.6. The fraction of sp³-hybridized carbons (Fsp3) is 0.458. The number of aromatic nitrogens is 1. The maximum atomic E-state index is 14.2. The molecule has 0 bridgehead atoms. The Hall–Kier alpha value is -6.09. The number of carbonyl (C=O) groups excluding carboxylic acids is 1. The zero-order valence-electron chi connectivity index (χ0n) is 43.9. The molecule has 2 aliphatic carbocycles. The first-order valence-electron chi connectivity index (χ1n) is 26.5. The average molecular weight is 1010 g/mol. The summed E-state index contributed by atoms with van der Waals surface area (Å²) in [4.78, 5) is 26.1. The van der Waals surface area contributed by atoms with Crippen LogP contribution in [0.4, 0.5) is 17.2 Å². The molecule has 2 aromatic heterocycles. The molecule has 388 valence electrons. The second-order valence-corrected chi connectivity index (χ2v) is 22.8. The standard InChI is InChI=1S/C59H75N7O6S/c1-8-47(31-43-13-11-12-40(43)5)72-56-32-46(21-22-51(56)59(67)63-73(68,69)48-33-53(60)58(62-35-48)61-34-42-18-16-39(4)17-19-42)65-26-24-45(25-27-65)66-29-28-64(37-54(66)50-15-10-9-14-49(50)38(2)3)36-44-20-23-55(70-7)57-52(44)30-41(6)71-57/h9-11,13-15,20-23,30-33,35,38-39,42,45,54H,8,12,16-19,24-29,34,36-37,60H2,1-7H3,(H,61,62)(H,63,67)/b47-31+/t39-,42+,54?. The summed E-state index contributed by atoms with van der Waals surface area (Å²) >= 11 is 0. The van der Waals surface area contributed by atoms with Gasteiger partial charge in [-0.2, -0.15) is 0 Å². The Labute approximate surface area is 432 Å². The van der Waals surface area contributed by atoms with Crippen molar-refractivity contribution in [1.82, 2.24) is 19.5 Å². The van der Waals surface area contributed by atoms with Gasteiger partial charge >= 0.3 is 0 Å². The number of nitrogens with two attached hydrogens (primary N) is 1. The van der Waals surface area contributed by atoms with E-state index in [0.29, 0.717) is 35.9 Å². The monoisotopic (exact) mass is 1010 g/mol. The molecule has 2 saturated heterocycles. The third-order valence-electron chi connectivity index (χ3n) is 15.7. The number of nitrogens with zero attached hydrogens (tertiary/aromatic N) is 4. The van der Waals surface area contributed by atoms with Crippen molar-refractivity contribution in [1.29, 1.82) is 0 Å². The number of ether oxygens (including phenoxy) is 2. The van der Waals surface area contributed by atoms with Crippen molar-refractivity contribution in [2.45, 2.75) is 122 Å². The Morgan fingerprint density at radius 3 is 2.45 bits per heavy atom. The quantitative estimate of drug-likeness (QED) is 0.0759. The summed E-state index contributed by atoms with van der Waals surface area (Å²) in [7, 11) is -2.67. The van der Waals surface area contributed by atoms with Gasteiger partial charge in [-0.1, -0.05) is 88.6 Å². The second kappa shape index (κ2) is 22.6. The topological polar surface area (TPSA) is 156 Å². The maximum Gasteiger partial charge on any atom is 0.268 e. The second-order valence-electron chi connectivity index (χ2n) is 21.2. The largest absolute Gasteiger partial charge is 0.493 e. The van der Waals surface area contributed by atoms with Crippen LogP contribution in [0, 0.1) is 18.8 Å². The van der Waals surface area contributed by atoms with Crippen molar-refractivity contribution in [2.24, 2.45) is 11.8 Å². The highest BCUT2D eigenvalue weighted by molar-refractivity contribution is 7.90. The van der Waals surface area contributed by atoms with Crippen LogP contribution >= 0.6 is 0 Å². The summed E-state index contributed by atoms with van der Waals surface area (Å²) in [6, 6.07) is 22.7. The van der Waals surface area contributed by atoms with Crippen LogP contribution in [0.25, 0.3) is 11.0 Å². The number of benzene rings is 3. The first-order chi connectivity index (χ1) is 35.2. The molecule has 0 radical (unpaired) electrons. The molecule has 4 N–H and O–H groups in total. The highest BCUT2D eigenvalue weighted by Crippen LogP contribution is 2.39. The van der Waals surface area contributed by atoms with E-state index in [4.69, 9.17) is 19.6 Å². The number of hydrogen-bond donors (Lipinski definition) is 3. The van der Waals surface area contributed by atoms with Crippen LogP contribution < -0.4 is 30.1 Å². The van der Waals surface area contributed by atoms with Gasteiger partial charge in [-0.3, -0.25) is 14.6 Å². The van der Waals surface area contributed by atoms with Gasteiger partial charge in [-0.05, 0) is 122 Å². The molecule has 14 heteroatoms. The number of rotatable bonds is 17. The number of allylic oxidation sites excluding steroid dienone is 6. The minimum Gasteiger partial charge on any atom is -0.493 e. The molecule has 3 fully saturated rings. The Bertz CT molecular complexity index is 3000. The van der Waals surface area contributed by atoms with E-state index in [1.54, 1.807) is 13.2 Å². The zero-order valence-corrected chi connectivity index (χ0v) is 44.7. The molecule has 9 rings (SSSR count). The Morgan fingerprint density at radius 2 is 1.74 bits per heavy atom. The number of fused-ring (bicyclic) bond motifs is 1. The molecular formula is C59H75N7O6S. The molecule has 3 aromatic carbocycles. The number of piperazine rings is 1. The van der Waals surface area contributed by atoms with Gasteiger partial charge in [0.15, 0.2) is 11.3 Å². The number of pyridine rings is 1. The number of amides is 1. The molecule has 13 nitrogen and oxygen atoms in total. The molecule has 5 aromatic rings. The van der Waals surface area contributed by atoms with E-state index in [0.717, 1.165) is 118 Å². The molecule has 2 aliphatic heterocycles. The van der Waals surface area contributed by atoms with E-state index in [9.17, 15) is 13.2 Å². The molecule has 4 aliphatic rings. The number of nitrogens with one attached hydrogen (secondary N) is 2. The van der Waals surface area contributed by atoms with E-state index in [-0.39, 0.29) is 27.9 Å². The fourth-order valence-electron chi connectivity index (χ4n) is 11.4. The van der Waals surface area contributed by atoms with E-state index in [2.05, 4.69) is 106 Å². The number of methoxy groups -OCH3 is 1. The minimum absolute atomic E-state index is 0.109. The number of hydrogen-bond acceptors (Lipinski definition) is 12. The predicted molar refractivity (Wildman–Crippen MR) is 293 cm³/mol. The van der Waals surface area contributed by atoms with Crippen molar-refractivity contribution in [3.63, 3.8) is 0 Å². The van der Waals surface area contributed by atoms with E-state index in [1.807, 2.05) is 38.1 Å². The van der Waals surface area contributed by atoms with Crippen LogP contribution in [0.15, 0.2) is 117 Å². The third kappa shape index (κ3) is 11.8. The number of aryl methyl sites for hydroxylation is 1. The molecule has 0 spiro atoms. The highest BCUT2D eigenvalue weighted by Gasteiger charge is 2.37. The van der Waals surface area contributed by atoms with Crippen LogP contribution in [-0.4, -0.2) is 81.5 Å². The first kappa shape index (κ1) is 51.8. The smallest absolute Gasteiger partial charge is 0.268 e. The molecule has 1 atom stereocenters. The molecule has 73 heavy (non-hydrogen) atoms. The lowest BCUT2D eigenvalue weighted by atomic mass is 9.83. The maximum absolute atomic E-state index is 14.2. The minimum atomic E-state index is -4.36. The van der Waals surface area contributed by atoms with Crippen LogP contribution in [-0.2, 0) is 16.6 Å². The van der Waals surface area contributed by atoms with Crippen LogP contribution in [0.3, 0.4) is 0 Å². The van der Waals surface area contributed by atoms with Crippen LogP contribution in [0.1, 0.15) is 131 Å². The highest BCUT2D eigenvalue weighted by atomic mass is 32.2. The predicted octanol–water partition coefficient (Wildman–Crippen LogP) is 11.7. The van der Waals surface area contributed by atoms with Gasteiger partial charge in [0, 0.05) is 87.7 Å². The van der Waals surface area contributed by atoms with Gasteiger partial charge in [0.1, 0.15) is 28.0 Å².